The van der Waals surface area contributed by atoms with Crippen LogP contribution in [0.5, 0.6) is 0 Å². The molecule has 0 heterocycles. The second kappa shape index (κ2) is 3.31. The van der Waals surface area contributed by atoms with Crippen molar-refractivity contribution in [2.75, 3.05) is 17.7 Å². The summed E-state index contributed by atoms with van der Waals surface area (Å²) in [5.41, 5.74) is 7.03. The first-order chi connectivity index (χ1) is 6.59. The van der Waals surface area contributed by atoms with Crippen molar-refractivity contribution in [2.45, 2.75) is 18.9 Å². The third-order valence-electron chi connectivity index (χ3n) is 2.54. The van der Waals surface area contributed by atoms with Crippen LogP contribution in [0.15, 0.2) is 12.1 Å². The molecule has 14 heavy (non-hydrogen) atoms. The van der Waals surface area contributed by atoms with Crippen molar-refractivity contribution in [3.05, 3.63) is 23.0 Å². The highest BCUT2D eigenvalue weighted by molar-refractivity contribution is 6.31. The van der Waals surface area contributed by atoms with Crippen LogP contribution in [0.1, 0.15) is 12.8 Å². The lowest BCUT2D eigenvalue weighted by atomic mass is 10.2. The van der Waals surface area contributed by atoms with Gasteiger partial charge in [-0.15, -0.1) is 0 Å². The summed E-state index contributed by atoms with van der Waals surface area (Å²) >= 11 is 5.61. The summed E-state index contributed by atoms with van der Waals surface area (Å²) in [7, 11) is 1.93. The normalized spacial score (nSPS) is 15.6. The van der Waals surface area contributed by atoms with Gasteiger partial charge in [0.25, 0.3) is 0 Å². The van der Waals surface area contributed by atoms with Gasteiger partial charge < -0.3 is 10.6 Å². The van der Waals surface area contributed by atoms with Crippen molar-refractivity contribution >= 4 is 23.0 Å². The molecule has 1 aromatic rings. The molecule has 1 aliphatic carbocycles. The van der Waals surface area contributed by atoms with E-state index in [9.17, 15) is 4.39 Å². The minimum Gasteiger partial charge on any atom is -0.397 e. The Hall–Kier alpha value is -0.960. The van der Waals surface area contributed by atoms with Gasteiger partial charge in [0.1, 0.15) is 5.82 Å². The molecule has 1 fully saturated rings. The second-order valence-corrected chi connectivity index (χ2v) is 4.07. The molecule has 0 bridgehead atoms. The summed E-state index contributed by atoms with van der Waals surface area (Å²) in [5, 5.41) is 0.0791. The molecule has 1 aromatic carbocycles. The number of nitrogen functional groups attached to an aromatic ring is 1. The molecule has 0 aliphatic heterocycles. The average molecular weight is 215 g/mol. The number of rotatable bonds is 2. The van der Waals surface area contributed by atoms with Crippen molar-refractivity contribution in [3.8, 4) is 0 Å². The van der Waals surface area contributed by atoms with Gasteiger partial charge in [-0.25, -0.2) is 4.39 Å². The van der Waals surface area contributed by atoms with Crippen molar-refractivity contribution in [2.24, 2.45) is 0 Å². The zero-order chi connectivity index (χ0) is 10.3. The Morgan fingerprint density at radius 3 is 2.71 bits per heavy atom. The van der Waals surface area contributed by atoms with Crippen molar-refractivity contribution in [1.29, 1.82) is 0 Å². The minimum absolute atomic E-state index is 0.0791. The first kappa shape index (κ1) is 9.59. The Labute approximate surface area is 87.5 Å². The van der Waals surface area contributed by atoms with Crippen LogP contribution in [0.25, 0.3) is 0 Å². The van der Waals surface area contributed by atoms with E-state index in [2.05, 4.69) is 0 Å². The second-order valence-electron chi connectivity index (χ2n) is 3.67. The predicted molar refractivity (Wildman–Crippen MR) is 57.2 cm³/mol. The van der Waals surface area contributed by atoms with Crippen LogP contribution in [-0.4, -0.2) is 13.1 Å². The largest absolute Gasteiger partial charge is 0.397 e. The zero-order valence-corrected chi connectivity index (χ0v) is 8.68. The van der Waals surface area contributed by atoms with Crippen LogP contribution in [0.2, 0.25) is 5.02 Å². The molecule has 2 N–H and O–H groups in total. The highest BCUT2D eigenvalue weighted by Crippen LogP contribution is 2.35. The lowest BCUT2D eigenvalue weighted by molar-refractivity contribution is 0.628. The molecule has 1 aliphatic rings. The molecule has 2 rings (SSSR count). The molecule has 0 aromatic heterocycles. The van der Waals surface area contributed by atoms with Gasteiger partial charge in [0, 0.05) is 19.2 Å². The molecule has 2 nitrogen and oxygen atoms in total. The van der Waals surface area contributed by atoms with E-state index in [4.69, 9.17) is 17.3 Å². The molecule has 0 radical (unpaired) electrons. The number of hydrogen-bond donors (Lipinski definition) is 1. The lowest BCUT2D eigenvalue weighted by Gasteiger charge is -2.20. The quantitative estimate of drug-likeness (QED) is 0.767. The standard InChI is InChI=1S/C10H12ClFN2/c1-14(6-2-3-6)10-5-8(12)7(11)4-9(10)13/h4-6H,2-3,13H2,1H3. The van der Waals surface area contributed by atoms with Crippen molar-refractivity contribution in [3.63, 3.8) is 0 Å². The zero-order valence-electron chi connectivity index (χ0n) is 7.93. The number of nitrogens with zero attached hydrogens (tertiary/aromatic N) is 1. The maximum atomic E-state index is 13.2. The minimum atomic E-state index is -0.414. The average Bonchev–Trinajstić information content (AvgIpc) is 2.93. The topological polar surface area (TPSA) is 29.3 Å². The predicted octanol–water partition coefficient (Wildman–Crippen LogP) is 2.66. The summed E-state index contributed by atoms with van der Waals surface area (Å²) in [4.78, 5) is 2.01. The molecule has 0 unspecified atom stereocenters. The molecular weight excluding hydrogens is 203 g/mol. The fourth-order valence-electron chi connectivity index (χ4n) is 1.52. The highest BCUT2D eigenvalue weighted by atomic mass is 35.5. The van der Waals surface area contributed by atoms with Gasteiger partial charge in [-0.3, -0.25) is 0 Å². The van der Waals surface area contributed by atoms with Crippen molar-refractivity contribution in [1.82, 2.24) is 0 Å². The Kier molecular flexibility index (Phi) is 2.27. The maximum absolute atomic E-state index is 13.2. The Balaban J connectivity index is 2.36. The summed E-state index contributed by atoms with van der Waals surface area (Å²) < 4.78 is 13.2. The number of anilines is 2. The Morgan fingerprint density at radius 1 is 1.50 bits per heavy atom. The van der Waals surface area contributed by atoms with Gasteiger partial charge >= 0.3 is 0 Å². The van der Waals surface area contributed by atoms with E-state index in [1.54, 1.807) is 0 Å². The smallest absolute Gasteiger partial charge is 0.144 e. The third kappa shape index (κ3) is 1.64. The van der Waals surface area contributed by atoms with Crippen LogP contribution in [0, 0.1) is 5.82 Å². The number of benzene rings is 1. The fraction of sp³-hybridized carbons (Fsp3) is 0.400. The maximum Gasteiger partial charge on any atom is 0.144 e. The molecule has 4 heteroatoms. The highest BCUT2D eigenvalue weighted by Gasteiger charge is 2.27. The van der Waals surface area contributed by atoms with Crippen molar-refractivity contribution < 1.29 is 4.39 Å². The molecule has 0 saturated heterocycles. The van der Waals surface area contributed by atoms with Gasteiger partial charge in [0.2, 0.25) is 0 Å². The van der Waals surface area contributed by atoms with Crippen LogP contribution >= 0.6 is 11.6 Å². The van der Waals surface area contributed by atoms with E-state index in [1.807, 2.05) is 11.9 Å². The Bertz CT molecular complexity index is 363. The van der Waals surface area contributed by atoms with E-state index in [0.717, 1.165) is 18.5 Å². The first-order valence-corrected chi connectivity index (χ1v) is 4.94. The molecule has 1 saturated carbocycles. The van der Waals surface area contributed by atoms with Gasteiger partial charge in [-0.1, -0.05) is 11.6 Å². The summed E-state index contributed by atoms with van der Waals surface area (Å²) in [5.74, 6) is -0.414. The lowest BCUT2D eigenvalue weighted by Crippen LogP contribution is -2.20. The van der Waals surface area contributed by atoms with Crippen LogP contribution in [0.3, 0.4) is 0 Å². The number of halogens is 2. The van der Waals surface area contributed by atoms with E-state index in [1.165, 1.54) is 12.1 Å². The number of nitrogens with two attached hydrogens (primary N) is 1. The SMILES string of the molecule is CN(c1cc(F)c(Cl)cc1N)C1CC1. The van der Waals surface area contributed by atoms with E-state index < -0.39 is 5.82 Å². The molecular formula is C10H12ClFN2. The summed E-state index contributed by atoms with van der Waals surface area (Å²) in [6.07, 6.45) is 2.31. The van der Waals surface area contributed by atoms with Crippen LogP contribution in [-0.2, 0) is 0 Å². The van der Waals surface area contributed by atoms with E-state index in [-0.39, 0.29) is 5.02 Å². The van der Waals surface area contributed by atoms with Gasteiger partial charge in [0.15, 0.2) is 0 Å². The first-order valence-electron chi connectivity index (χ1n) is 4.57. The summed E-state index contributed by atoms with van der Waals surface area (Å²) in [6.45, 7) is 0. The molecule has 0 amide bonds. The number of hydrogen-bond acceptors (Lipinski definition) is 2. The van der Waals surface area contributed by atoms with Gasteiger partial charge in [-0.2, -0.15) is 0 Å². The fourth-order valence-corrected chi connectivity index (χ4v) is 1.69. The summed E-state index contributed by atoms with van der Waals surface area (Å²) in [6, 6.07) is 3.37. The molecule has 0 atom stereocenters. The van der Waals surface area contributed by atoms with Crippen LogP contribution < -0.4 is 10.6 Å². The monoisotopic (exact) mass is 214 g/mol. The van der Waals surface area contributed by atoms with E-state index in [0.29, 0.717) is 11.7 Å². The Morgan fingerprint density at radius 2 is 2.14 bits per heavy atom. The van der Waals surface area contributed by atoms with E-state index >= 15 is 0 Å². The van der Waals surface area contributed by atoms with Crippen LogP contribution in [0.4, 0.5) is 15.8 Å². The van der Waals surface area contributed by atoms with Gasteiger partial charge in [-0.05, 0) is 18.9 Å². The van der Waals surface area contributed by atoms with Gasteiger partial charge in [0.05, 0.1) is 16.4 Å². The molecule has 0 spiro atoms. The molecule has 76 valence electrons. The third-order valence-corrected chi connectivity index (χ3v) is 2.83.